The Morgan fingerprint density at radius 2 is 1.60 bits per heavy atom. The normalized spacial score (nSPS) is 24.1. The van der Waals surface area contributed by atoms with E-state index in [1.54, 1.807) is 20.8 Å². The third kappa shape index (κ3) is 2.61. The van der Waals surface area contributed by atoms with E-state index < -0.39 is 28.7 Å². The first kappa shape index (κ1) is 15.1. The van der Waals surface area contributed by atoms with E-state index in [0.717, 1.165) is 0 Å². The van der Waals surface area contributed by atoms with Crippen molar-refractivity contribution in [2.45, 2.75) is 57.7 Å². The molecule has 1 amide bonds. The second-order valence-electron chi connectivity index (χ2n) is 6.89. The van der Waals surface area contributed by atoms with E-state index in [1.165, 1.54) is 4.90 Å². The zero-order valence-electron chi connectivity index (χ0n) is 12.3. The highest BCUT2D eigenvalue weighted by molar-refractivity contribution is 5.79. The van der Waals surface area contributed by atoms with Crippen LogP contribution in [0.25, 0.3) is 0 Å². The molecule has 6 nitrogen and oxygen atoms in total. The zero-order valence-corrected chi connectivity index (χ0v) is 12.3. The van der Waals surface area contributed by atoms with Gasteiger partial charge in [0.25, 0.3) is 0 Å². The molecular weight excluding hydrogens is 262 g/mol. The van der Waals surface area contributed by atoms with Gasteiger partial charge >= 0.3 is 12.1 Å². The van der Waals surface area contributed by atoms with Crippen LogP contribution >= 0.6 is 0 Å². The van der Waals surface area contributed by atoms with Gasteiger partial charge in [0.1, 0.15) is 5.60 Å². The molecular formula is C14H23NO5. The average molecular weight is 285 g/mol. The summed E-state index contributed by atoms with van der Waals surface area (Å²) in [5, 5.41) is 19.9. The van der Waals surface area contributed by atoms with Gasteiger partial charge in [-0.05, 0) is 46.5 Å². The highest BCUT2D eigenvalue weighted by Gasteiger charge is 2.64. The van der Waals surface area contributed by atoms with Gasteiger partial charge in [-0.2, -0.15) is 0 Å². The summed E-state index contributed by atoms with van der Waals surface area (Å²) in [7, 11) is 0. The third-order valence-corrected chi connectivity index (χ3v) is 4.29. The molecule has 1 saturated heterocycles. The molecule has 0 aromatic carbocycles. The zero-order chi connectivity index (χ0) is 15.2. The summed E-state index contributed by atoms with van der Waals surface area (Å²) in [6, 6.07) is 0. The number of carbonyl (C=O) groups is 2. The van der Waals surface area contributed by atoms with Gasteiger partial charge < -0.3 is 19.8 Å². The van der Waals surface area contributed by atoms with Gasteiger partial charge in [0.05, 0.1) is 11.0 Å². The van der Waals surface area contributed by atoms with E-state index >= 15 is 0 Å². The number of amides is 1. The first-order valence-electron chi connectivity index (χ1n) is 7.03. The van der Waals surface area contributed by atoms with Gasteiger partial charge in [-0.1, -0.05) is 0 Å². The summed E-state index contributed by atoms with van der Waals surface area (Å²) in [4.78, 5) is 24.8. The molecule has 1 heterocycles. The van der Waals surface area contributed by atoms with Crippen molar-refractivity contribution in [1.29, 1.82) is 0 Å². The Bertz CT molecular complexity index is 414. The summed E-state index contributed by atoms with van der Waals surface area (Å²) in [5.74, 6) is -0.925. The van der Waals surface area contributed by atoms with Crippen LogP contribution in [0.2, 0.25) is 0 Å². The van der Waals surface area contributed by atoms with E-state index in [1.807, 2.05) is 0 Å². The molecule has 2 aliphatic rings. The molecule has 1 saturated carbocycles. The molecule has 1 aliphatic carbocycles. The minimum atomic E-state index is -1.20. The standard InChI is InChI=1S/C14H23NO5/c1-12(2,3)20-11(18)15-8-6-14(19,7-9-15)13(4-5-13)10(16)17/h19H,4-9H2,1-3H3,(H,16,17). The van der Waals surface area contributed by atoms with E-state index in [4.69, 9.17) is 4.74 Å². The number of piperidine rings is 1. The number of aliphatic carboxylic acids is 1. The molecule has 2 fully saturated rings. The molecule has 0 atom stereocenters. The van der Waals surface area contributed by atoms with Gasteiger partial charge in [-0.25, -0.2) is 4.79 Å². The van der Waals surface area contributed by atoms with Crippen molar-refractivity contribution in [3.05, 3.63) is 0 Å². The largest absolute Gasteiger partial charge is 0.481 e. The third-order valence-electron chi connectivity index (χ3n) is 4.29. The van der Waals surface area contributed by atoms with Crippen molar-refractivity contribution in [3.8, 4) is 0 Å². The lowest BCUT2D eigenvalue weighted by molar-refractivity contribution is -0.160. The summed E-state index contributed by atoms with van der Waals surface area (Å²) in [6.45, 7) is 6.07. The Morgan fingerprint density at radius 3 is 1.95 bits per heavy atom. The lowest BCUT2D eigenvalue weighted by atomic mass is 9.77. The Balaban J connectivity index is 1.96. The highest BCUT2D eigenvalue weighted by atomic mass is 16.6. The van der Waals surface area contributed by atoms with Crippen molar-refractivity contribution in [2.75, 3.05) is 13.1 Å². The van der Waals surface area contributed by atoms with Crippen LogP contribution in [0.15, 0.2) is 0 Å². The minimum Gasteiger partial charge on any atom is -0.481 e. The Labute approximate surface area is 118 Å². The summed E-state index contributed by atoms with van der Waals surface area (Å²) < 4.78 is 5.28. The molecule has 114 valence electrons. The van der Waals surface area contributed by atoms with Crippen LogP contribution < -0.4 is 0 Å². The number of hydrogen-bond donors (Lipinski definition) is 2. The lowest BCUT2D eigenvalue weighted by Crippen LogP contribution is -2.54. The van der Waals surface area contributed by atoms with Crippen LogP contribution in [0.5, 0.6) is 0 Å². The Morgan fingerprint density at radius 1 is 1.10 bits per heavy atom. The first-order valence-corrected chi connectivity index (χ1v) is 7.03. The van der Waals surface area contributed by atoms with Gasteiger partial charge in [0, 0.05) is 13.1 Å². The average Bonchev–Trinajstić information content (AvgIpc) is 3.08. The van der Waals surface area contributed by atoms with E-state index in [2.05, 4.69) is 0 Å². The molecule has 1 aliphatic heterocycles. The number of carbonyl (C=O) groups excluding carboxylic acids is 1. The molecule has 6 heteroatoms. The molecule has 2 rings (SSSR count). The van der Waals surface area contributed by atoms with Gasteiger partial charge in [0.15, 0.2) is 0 Å². The molecule has 0 aromatic rings. The number of ether oxygens (including phenoxy) is 1. The van der Waals surface area contributed by atoms with Crippen LogP contribution in [-0.2, 0) is 9.53 Å². The fourth-order valence-corrected chi connectivity index (χ4v) is 2.87. The Hall–Kier alpha value is -1.30. The molecule has 0 aromatic heterocycles. The fourth-order valence-electron chi connectivity index (χ4n) is 2.87. The number of carboxylic acids is 1. The molecule has 0 spiro atoms. The molecule has 0 radical (unpaired) electrons. The smallest absolute Gasteiger partial charge is 0.410 e. The molecule has 2 N–H and O–H groups in total. The molecule has 20 heavy (non-hydrogen) atoms. The molecule has 0 unspecified atom stereocenters. The van der Waals surface area contributed by atoms with Crippen molar-refractivity contribution < 1.29 is 24.5 Å². The fraction of sp³-hybridized carbons (Fsp3) is 0.857. The van der Waals surface area contributed by atoms with Gasteiger partial charge in [-0.3, -0.25) is 4.79 Å². The maximum Gasteiger partial charge on any atom is 0.410 e. The van der Waals surface area contributed by atoms with E-state index in [9.17, 15) is 19.8 Å². The molecule has 0 bridgehead atoms. The number of hydrogen-bond acceptors (Lipinski definition) is 4. The lowest BCUT2D eigenvalue weighted by Gasteiger charge is -2.41. The number of likely N-dealkylation sites (tertiary alicyclic amines) is 1. The summed E-state index contributed by atoms with van der Waals surface area (Å²) in [5.41, 5.74) is -2.74. The van der Waals surface area contributed by atoms with Crippen LogP contribution in [0.3, 0.4) is 0 Å². The number of nitrogens with zero attached hydrogens (tertiary/aromatic N) is 1. The van der Waals surface area contributed by atoms with Crippen LogP contribution in [-0.4, -0.2) is 51.5 Å². The highest BCUT2D eigenvalue weighted by Crippen LogP contribution is 2.57. The van der Waals surface area contributed by atoms with Crippen molar-refractivity contribution in [1.82, 2.24) is 4.90 Å². The summed E-state index contributed by atoms with van der Waals surface area (Å²) in [6.07, 6.45) is 1.22. The van der Waals surface area contributed by atoms with Crippen molar-refractivity contribution in [3.63, 3.8) is 0 Å². The maximum absolute atomic E-state index is 11.9. The SMILES string of the molecule is CC(C)(C)OC(=O)N1CCC(O)(C2(C(=O)O)CC2)CC1. The van der Waals surface area contributed by atoms with Gasteiger partial charge in [-0.15, -0.1) is 0 Å². The number of aliphatic hydroxyl groups is 1. The number of carboxylic acid groups (broad SMARTS) is 1. The monoisotopic (exact) mass is 285 g/mol. The van der Waals surface area contributed by atoms with E-state index in [-0.39, 0.29) is 0 Å². The van der Waals surface area contributed by atoms with E-state index in [0.29, 0.717) is 38.8 Å². The van der Waals surface area contributed by atoms with Crippen LogP contribution in [0.4, 0.5) is 4.79 Å². The minimum absolute atomic E-state index is 0.290. The second kappa shape index (κ2) is 4.62. The first-order chi connectivity index (χ1) is 9.10. The summed E-state index contributed by atoms with van der Waals surface area (Å²) >= 11 is 0. The number of rotatable bonds is 2. The topological polar surface area (TPSA) is 87.1 Å². The predicted molar refractivity (Wildman–Crippen MR) is 71.3 cm³/mol. The van der Waals surface area contributed by atoms with Crippen molar-refractivity contribution in [2.24, 2.45) is 5.41 Å². The van der Waals surface area contributed by atoms with Gasteiger partial charge in [0.2, 0.25) is 0 Å². The van der Waals surface area contributed by atoms with Crippen LogP contribution in [0, 0.1) is 5.41 Å². The predicted octanol–water partition coefficient (Wildman–Crippen LogP) is 1.61. The van der Waals surface area contributed by atoms with Crippen LogP contribution in [0.1, 0.15) is 46.5 Å². The maximum atomic E-state index is 11.9. The quantitative estimate of drug-likeness (QED) is 0.805. The Kier molecular flexibility index (Phi) is 3.48. The second-order valence-corrected chi connectivity index (χ2v) is 6.89. The van der Waals surface area contributed by atoms with Crippen molar-refractivity contribution >= 4 is 12.1 Å².